The Kier molecular flexibility index (Phi) is 5.63. The van der Waals surface area contributed by atoms with Crippen LogP contribution < -0.4 is 5.69 Å². The minimum absolute atomic E-state index is 0.00414. The van der Waals surface area contributed by atoms with E-state index in [1.54, 1.807) is 6.20 Å². The predicted octanol–water partition coefficient (Wildman–Crippen LogP) is 5.80. The number of benzene rings is 2. The number of H-pyrrole nitrogens is 2. The summed E-state index contributed by atoms with van der Waals surface area (Å²) in [7, 11) is 0. The topological polar surface area (TPSA) is 86.7 Å². The molecule has 4 aromatic rings. The third-order valence-electron chi connectivity index (χ3n) is 6.09. The first kappa shape index (κ1) is 21.3. The van der Waals surface area contributed by atoms with Crippen molar-refractivity contribution in [1.82, 2.24) is 19.5 Å². The summed E-state index contributed by atoms with van der Waals surface area (Å²) in [5.74, 6) is 0.670. The molecule has 32 heavy (non-hydrogen) atoms. The van der Waals surface area contributed by atoms with Gasteiger partial charge >= 0.3 is 5.69 Å². The molecule has 2 atom stereocenters. The highest BCUT2D eigenvalue weighted by atomic mass is 127. The summed E-state index contributed by atoms with van der Waals surface area (Å²) < 4.78 is 2.48. The zero-order valence-corrected chi connectivity index (χ0v) is 20.3. The normalized spacial score (nSPS) is 15.6. The zero-order chi connectivity index (χ0) is 22.4. The summed E-state index contributed by atoms with van der Waals surface area (Å²) in [4.78, 5) is 23.9. The minimum Gasteiger partial charge on any atom is -0.493 e. The summed E-state index contributed by atoms with van der Waals surface area (Å²) in [5.41, 5.74) is 2.93. The van der Waals surface area contributed by atoms with E-state index in [-0.39, 0.29) is 23.4 Å². The molecular formula is C24H22ClIN4O2. The van der Waals surface area contributed by atoms with Crippen molar-refractivity contribution in [2.45, 2.75) is 37.6 Å². The predicted molar refractivity (Wildman–Crippen MR) is 133 cm³/mol. The van der Waals surface area contributed by atoms with Crippen LogP contribution in [0.4, 0.5) is 0 Å². The summed E-state index contributed by atoms with van der Waals surface area (Å²) >= 11 is 8.69. The van der Waals surface area contributed by atoms with Crippen LogP contribution in [0.15, 0.2) is 59.5 Å². The van der Waals surface area contributed by atoms with Gasteiger partial charge in [-0.3, -0.25) is 4.57 Å². The number of nitrogens with one attached hydrogen (secondary N) is 2. The van der Waals surface area contributed by atoms with Crippen LogP contribution in [0, 0.1) is 3.57 Å². The number of hydrogen-bond acceptors (Lipinski definition) is 3. The van der Waals surface area contributed by atoms with Crippen molar-refractivity contribution in [3.8, 4) is 17.1 Å². The smallest absolute Gasteiger partial charge is 0.329 e. The molecule has 0 saturated heterocycles. The van der Waals surface area contributed by atoms with Gasteiger partial charge in [0.05, 0.1) is 22.6 Å². The van der Waals surface area contributed by atoms with E-state index < -0.39 is 6.04 Å². The monoisotopic (exact) mass is 560 g/mol. The second-order valence-corrected chi connectivity index (χ2v) is 9.92. The second kappa shape index (κ2) is 8.44. The van der Waals surface area contributed by atoms with Crippen LogP contribution in [0.5, 0.6) is 5.88 Å². The van der Waals surface area contributed by atoms with Gasteiger partial charge in [-0.2, -0.15) is 0 Å². The molecule has 0 spiro atoms. The maximum Gasteiger partial charge on any atom is 0.329 e. The zero-order valence-electron chi connectivity index (χ0n) is 17.3. The number of imidazole rings is 2. The Bertz CT molecular complexity index is 1320. The van der Waals surface area contributed by atoms with Crippen molar-refractivity contribution in [1.29, 1.82) is 0 Å². The molecule has 0 bridgehead atoms. The van der Waals surface area contributed by atoms with Gasteiger partial charge in [0.25, 0.3) is 0 Å². The fraction of sp³-hybridized carbons (Fsp3) is 0.250. The fourth-order valence-corrected chi connectivity index (χ4v) is 5.18. The van der Waals surface area contributed by atoms with Crippen LogP contribution in [-0.4, -0.2) is 24.6 Å². The molecule has 0 aliphatic heterocycles. The summed E-state index contributed by atoms with van der Waals surface area (Å²) in [6, 6.07) is 15.2. The molecule has 0 amide bonds. The van der Waals surface area contributed by atoms with Gasteiger partial charge in [0, 0.05) is 21.0 Å². The van der Waals surface area contributed by atoms with Crippen LogP contribution in [0.1, 0.15) is 54.7 Å². The molecule has 1 aliphatic rings. The minimum atomic E-state index is -0.523. The Morgan fingerprint density at radius 1 is 1.19 bits per heavy atom. The third kappa shape index (κ3) is 3.88. The Labute approximate surface area is 203 Å². The van der Waals surface area contributed by atoms with Gasteiger partial charge in [0.15, 0.2) is 0 Å². The first-order valence-electron chi connectivity index (χ1n) is 10.5. The quantitative estimate of drug-likeness (QED) is 0.261. The van der Waals surface area contributed by atoms with E-state index in [0.29, 0.717) is 16.5 Å². The van der Waals surface area contributed by atoms with Crippen LogP contribution in [0.25, 0.3) is 11.3 Å². The summed E-state index contributed by atoms with van der Waals surface area (Å²) in [6.07, 6.45) is 3.68. The lowest BCUT2D eigenvalue weighted by atomic mass is 9.92. The molecule has 1 fully saturated rings. The number of aromatic nitrogens is 4. The van der Waals surface area contributed by atoms with Crippen molar-refractivity contribution in [3.63, 3.8) is 0 Å². The van der Waals surface area contributed by atoms with Gasteiger partial charge in [0.1, 0.15) is 11.9 Å². The molecule has 164 valence electrons. The number of halogens is 2. The molecule has 2 aromatic heterocycles. The van der Waals surface area contributed by atoms with E-state index in [4.69, 9.17) is 11.6 Å². The lowest BCUT2D eigenvalue weighted by Gasteiger charge is -2.24. The van der Waals surface area contributed by atoms with Crippen molar-refractivity contribution in [3.05, 3.63) is 90.9 Å². The van der Waals surface area contributed by atoms with E-state index in [1.165, 1.54) is 4.57 Å². The van der Waals surface area contributed by atoms with Crippen molar-refractivity contribution in [2.75, 3.05) is 0 Å². The average molecular weight is 561 g/mol. The van der Waals surface area contributed by atoms with E-state index >= 15 is 0 Å². The van der Waals surface area contributed by atoms with Crippen LogP contribution in [0.3, 0.4) is 0 Å². The molecule has 1 aliphatic carbocycles. The van der Waals surface area contributed by atoms with Gasteiger partial charge in [-0.1, -0.05) is 54.9 Å². The van der Waals surface area contributed by atoms with E-state index in [0.717, 1.165) is 33.2 Å². The SMILES string of the molecule is C[C@@H](c1ccccc1)[C@@H](c1ncc(-c2ccc(I)cc2Cl)[nH]1)n1c(O)c(C2CC2)[nH]c1=O. The molecule has 6 nitrogen and oxygen atoms in total. The first-order chi connectivity index (χ1) is 15.4. The molecular weight excluding hydrogens is 539 g/mol. The van der Waals surface area contributed by atoms with Crippen molar-refractivity contribution >= 4 is 34.2 Å². The largest absolute Gasteiger partial charge is 0.493 e. The number of aromatic amines is 2. The second-order valence-electron chi connectivity index (χ2n) is 8.26. The molecule has 2 heterocycles. The number of hydrogen-bond donors (Lipinski definition) is 3. The first-order valence-corrected chi connectivity index (χ1v) is 12.0. The summed E-state index contributed by atoms with van der Waals surface area (Å²) in [6.45, 7) is 2.04. The molecule has 1 saturated carbocycles. The molecule has 2 aromatic carbocycles. The maximum absolute atomic E-state index is 13.0. The van der Waals surface area contributed by atoms with Crippen LogP contribution >= 0.6 is 34.2 Å². The molecule has 5 rings (SSSR count). The fourth-order valence-electron chi connectivity index (χ4n) is 4.23. The number of nitrogens with zero attached hydrogens (tertiary/aromatic N) is 2. The van der Waals surface area contributed by atoms with E-state index in [2.05, 4.69) is 37.5 Å². The average Bonchev–Trinajstić information content (AvgIpc) is 3.44. The Balaban J connectivity index is 1.63. The van der Waals surface area contributed by atoms with Gasteiger partial charge < -0.3 is 15.1 Å². The standard InChI is InChI=1S/C24H22ClIN4O2/c1-13(14-5-3-2-4-6-14)21(30-23(31)20(15-7-8-15)29-24(30)32)22-27-12-19(28-22)17-10-9-16(26)11-18(17)25/h2-6,9-13,15,21,31H,7-8H2,1H3,(H,27,28)(H,29,32)/t13-,21-/m0/s1. The lowest BCUT2D eigenvalue weighted by Crippen LogP contribution is -2.27. The Morgan fingerprint density at radius 3 is 2.62 bits per heavy atom. The summed E-state index contributed by atoms with van der Waals surface area (Å²) in [5, 5.41) is 11.6. The van der Waals surface area contributed by atoms with Gasteiger partial charge in [-0.15, -0.1) is 0 Å². The Morgan fingerprint density at radius 2 is 1.94 bits per heavy atom. The maximum atomic E-state index is 13.0. The number of aromatic hydroxyl groups is 1. The van der Waals surface area contributed by atoms with Gasteiger partial charge in [0.2, 0.25) is 5.88 Å². The van der Waals surface area contributed by atoms with Crippen LogP contribution in [0.2, 0.25) is 5.02 Å². The third-order valence-corrected chi connectivity index (χ3v) is 7.07. The lowest BCUT2D eigenvalue weighted by molar-refractivity contribution is 0.365. The molecule has 0 unspecified atom stereocenters. The number of rotatable bonds is 6. The van der Waals surface area contributed by atoms with E-state index in [9.17, 15) is 9.90 Å². The Hall–Kier alpha value is -2.52. The highest BCUT2D eigenvalue weighted by molar-refractivity contribution is 14.1. The molecule has 0 radical (unpaired) electrons. The van der Waals surface area contributed by atoms with Crippen molar-refractivity contribution < 1.29 is 5.11 Å². The molecule has 3 N–H and O–H groups in total. The highest BCUT2D eigenvalue weighted by Gasteiger charge is 2.35. The van der Waals surface area contributed by atoms with Gasteiger partial charge in [-0.25, -0.2) is 9.78 Å². The van der Waals surface area contributed by atoms with Gasteiger partial charge in [-0.05, 0) is 53.1 Å². The highest BCUT2D eigenvalue weighted by Crippen LogP contribution is 2.44. The van der Waals surface area contributed by atoms with Crippen molar-refractivity contribution in [2.24, 2.45) is 0 Å². The molecule has 8 heteroatoms. The van der Waals surface area contributed by atoms with E-state index in [1.807, 2.05) is 55.5 Å². The van der Waals surface area contributed by atoms with Crippen LogP contribution in [-0.2, 0) is 0 Å².